The molecule has 0 amide bonds. The van der Waals surface area contributed by atoms with Crippen molar-refractivity contribution in [3.8, 4) is 11.1 Å². The molecule has 1 heteroatoms. The Kier molecular flexibility index (Phi) is 3.20. The van der Waals surface area contributed by atoms with Crippen molar-refractivity contribution in [1.29, 1.82) is 0 Å². The molecule has 0 N–H and O–H groups in total. The first-order valence-electron chi connectivity index (χ1n) is 5.53. The van der Waals surface area contributed by atoms with Crippen molar-refractivity contribution >= 4 is 11.9 Å². The van der Waals surface area contributed by atoms with Gasteiger partial charge in [0.15, 0.2) is 6.29 Å². The summed E-state index contributed by atoms with van der Waals surface area (Å²) in [5, 5.41) is 0. The third-order valence-corrected chi connectivity index (χ3v) is 2.75. The van der Waals surface area contributed by atoms with Crippen LogP contribution in [0, 0.1) is 0 Å². The average Bonchev–Trinajstić information content (AvgIpc) is 2.38. The summed E-state index contributed by atoms with van der Waals surface area (Å²) in [7, 11) is 0. The third kappa shape index (κ3) is 2.18. The molecule has 2 aromatic carbocycles. The van der Waals surface area contributed by atoms with Crippen LogP contribution in [0.5, 0.6) is 0 Å². The molecule has 17 heavy (non-hydrogen) atoms. The highest BCUT2D eigenvalue weighted by atomic mass is 16.1. The number of hydrogen-bond donors (Lipinski definition) is 0. The predicted molar refractivity (Wildman–Crippen MR) is 72.0 cm³/mol. The smallest absolute Gasteiger partial charge is 0.150 e. The highest BCUT2D eigenvalue weighted by molar-refractivity contribution is 5.93. The Morgan fingerprint density at radius 3 is 2.35 bits per heavy atom. The van der Waals surface area contributed by atoms with Crippen molar-refractivity contribution in [2.24, 2.45) is 0 Å². The van der Waals surface area contributed by atoms with E-state index >= 15 is 0 Å². The second kappa shape index (κ2) is 4.79. The number of allylic oxidation sites excluding steroid dienone is 1. The SMILES string of the molecule is C=C(C)c1cccc(C=O)c1-c1ccccc1. The van der Waals surface area contributed by atoms with Crippen LogP contribution in [-0.4, -0.2) is 6.29 Å². The lowest BCUT2D eigenvalue weighted by Gasteiger charge is -2.12. The number of hydrogen-bond acceptors (Lipinski definition) is 1. The van der Waals surface area contributed by atoms with Gasteiger partial charge < -0.3 is 0 Å². The van der Waals surface area contributed by atoms with Crippen LogP contribution in [0.4, 0.5) is 0 Å². The summed E-state index contributed by atoms with van der Waals surface area (Å²) in [6.07, 6.45) is 0.898. The van der Waals surface area contributed by atoms with E-state index in [1.807, 2.05) is 55.5 Å². The summed E-state index contributed by atoms with van der Waals surface area (Å²) in [5.74, 6) is 0. The minimum atomic E-state index is 0.705. The van der Waals surface area contributed by atoms with Crippen LogP contribution in [0.15, 0.2) is 55.1 Å². The van der Waals surface area contributed by atoms with E-state index in [0.29, 0.717) is 5.56 Å². The largest absolute Gasteiger partial charge is 0.298 e. The van der Waals surface area contributed by atoms with Gasteiger partial charge in [0.2, 0.25) is 0 Å². The number of aldehydes is 1. The van der Waals surface area contributed by atoms with Gasteiger partial charge in [-0.2, -0.15) is 0 Å². The zero-order valence-corrected chi connectivity index (χ0v) is 9.81. The first kappa shape index (κ1) is 11.3. The summed E-state index contributed by atoms with van der Waals surface area (Å²) < 4.78 is 0. The molecule has 0 aromatic heterocycles. The molecule has 0 fully saturated rings. The summed E-state index contributed by atoms with van der Waals surface area (Å²) in [6.45, 7) is 5.93. The molecule has 0 saturated heterocycles. The van der Waals surface area contributed by atoms with E-state index in [2.05, 4.69) is 6.58 Å². The molecule has 0 atom stereocenters. The minimum absolute atomic E-state index is 0.705. The van der Waals surface area contributed by atoms with E-state index in [4.69, 9.17) is 0 Å². The minimum Gasteiger partial charge on any atom is -0.298 e. The van der Waals surface area contributed by atoms with Crippen LogP contribution in [-0.2, 0) is 0 Å². The lowest BCUT2D eigenvalue weighted by atomic mass is 9.92. The zero-order chi connectivity index (χ0) is 12.3. The Labute approximate surface area is 101 Å². The summed E-state index contributed by atoms with van der Waals surface area (Å²) in [6, 6.07) is 15.6. The molecule has 0 saturated carbocycles. The van der Waals surface area contributed by atoms with Gasteiger partial charge in [-0.1, -0.05) is 60.7 Å². The van der Waals surface area contributed by atoms with Crippen LogP contribution >= 0.6 is 0 Å². The van der Waals surface area contributed by atoms with Crippen molar-refractivity contribution in [3.63, 3.8) is 0 Å². The summed E-state index contributed by atoms with van der Waals surface area (Å²) >= 11 is 0. The molecule has 2 rings (SSSR count). The van der Waals surface area contributed by atoms with Gasteiger partial charge in [-0.25, -0.2) is 0 Å². The van der Waals surface area contributed by atoms with E-state index in [-0.39, 0.29) is 0 Å². The molecular weight excluding hydrogens is 208 g/mol. The molecule has 2 aromatic rings. The molecule has 0 radical (unpaired) electrons. The Balaban J connectivity index is 2.73. The van der Waals surface area contributed by atoms with Crippen LogP contribution < -0.4 is 0 Å². The molecule has 0 heterocycles. The number of benzene rings is 2. The Morgan fingerprint density at radius 2 is 1.76 bits per heavy atom. The number of rotatable bonds is 3. The first-order chi connectivity index (χ1) is 8.24. The highest BCUT2D eigenvalue weighted by Gasteiger charge is 2.10. The van der Waals surface area contributed by atoms with Gasteiger partial charge >= 0.3 is 0 Å². The van der Waals surface area contributed by atoms with E-state index in [0.717, 1.165) is 28.5 Å². The normalized spacial score (nSPS) is 9.94. The monoisotopic (exact) mass is 222 g/mol. The van der Waals surface area contributed by atoms with Crippen molar-refractivity contribution in [3.05, 3.63) is 66.2 Å². The van der Waals surface area contributed by atoms with Crippen molar-refractivity contribution in [2.45, 2.75) is 6.92 Å². The molecule has 1 nitrogen and oxygen atoms in total. The van der Waals surface area contributed by atoms with E-state index in [9.17, 15) is 4.79 Å². The third-order valence-electron chi connectivity index (χ3n) is 2.75. The fourth-order valence-corrected chi connectivity index (χ4v) is 1.95. The van der Waals surface area contributed by atoms with Crippen LogP contribution in [0.1, 0.15) is 22.8 Å². The topological polar surface area (TPSA) is 17.1 Å². The van der Waals surface area contributed by atoms with E-state index < -0.39 is 0 Å². The maximum absolute atomic E-state index is 11.1. The molecule has 84 valence electrons. The first-order valence-corrected chi connectivity index (χ1v) is 5.53. The van der Waals surface area contributed by atoms with Gasteiger partial charge in [0, 0.05) is 5.56 Å². The molecule has 0 aliphatic carbocycles. The molecule has 0 spiro atoms. The van der Waals surface area contributed by atoms with E-state index in [1.54, 1.807) is 0 Å². The quantitative estimate of drug-likeness (QED) is 0.711. The van der Waals surface area contributed by atoms with Crippen LogP contribution in [0.3, 0.4) is 0 Å². The van der Waals surface area contributed by atoms with Crippen LogP contribution in [0.25, 0.3) is 16.7 Å². The van der Waals surface area contributed by atoms with Crippen molar-refractivity contribution in [2.75, 3.05) is 0 Å². The zero-order valence-electron chi connectivity index (χ0n) is 9.81. The maximum atomic E-state index is 11.1. The van der Waals surface area contributed by atoms with Gasteiger partial charge in [-0.05, 0) is 23.6 Å². The molecular formula is C16H14O. The fourth-order valence-electron chi connectivity index (χ4n) is 1.95. The van der Waals surface area contributed by atoms with Gasteiger partial charge in [0.1, 0.15) is 0 Å². The highest BCUT2D eigenvalue weighted by Crippen LogP contribution is 2.30. The lowest BCUT2D eigenvalue weighted by molar-refractivity contribution is 0.112. The molecule has 0 aliphatic heterocycles. The maximum Gasteiger partial charge on any atom is 0.150 e. The number of carbonyl (C=O) groups excluding carboxylic acids is 1. The molecule has 0 aliphatic rings. The Bertz CT molecular complexity index is 553. The molecule has 0 bridgehead atoms. The van der Waals surface area contributed by atoms with Crippen molar-refractivity contribution < 1.29 is 4.79 Å². The van der Waals surface area contributed by atoms with E-state index in [1.165, 1.54) is 0 Å². The second-order valence-corrected chi connectivity index (χ2v) is 4.03. The van der Waals surface area contributed by atoms with Gasteiger partial charge in [-0.15, -0.1) is 0 Å². The molecule has 0 unspecified atom stereocenters. The summed E-state index contributed by atoms with van der Waals surface area (Å²) in [4.78, 5) is 11.1. The predicted octanol–water partition coefficient (Wildman–Crippen LogP) is 4.20. The van der Waals surface area contributed by atoms with Crippen molar-refractivity contribution in [1.82, 2.24) is 0 Å². The van der Waals surface area contributed by atoms with Gasteiger partial charge in [-0.3, -0.25) is 4.79 Å². The standard InChI is InChI=1S/C16H14O/c1-12(2)15-10-6-9-14(11-17)16(15)13-7-4-3-5-8-13/h3-11H,1H2,2H3. The van der Waals surface area contributed by atoms with Gasteiger partial charge in [0.25, 0.3) is 0 Å². The van der Waals surface area contributed by atoms with Gasteiger partial charge in [0.05, 0.1) is 0 Å². The fraction of sp³-hybridized carbons (Fsp3) is 0.0625. The number of carbonyl (C=O) groups is 1. The second-order valence-electron chi connectivity index (χ2n) is 4.03. The lowest BCUT2D eigenvalue weighted by Crippen LogP contribution is -1.93. The summed E-state index contributed by atoms with van der Waals surface area (Å²) in [5.41, 5.74) is 4.72. The Hall–Kier alpha value is -2.15. The Morgan fingerprint density at radius 1 is 1.06 bits per heavy atom. The average molecular weight is 222 g/mol. The van der Waals surface area contributed by atoms with Crippen LogP contribution in [0.2, 0.25) is 0 Å².